The largest absolute Gasteiger partial charge is 0.497 e. The van der Waals surface area contributed by atoms with Crippen LogP contribution in [0.3, 0.4) is 0 Å². The number of methoxy groups -OCH3 is 2. The topological polar surface area (TPSA) is 118 Å². The van der Waals surface area contributed by atoms with Gasteiger partial charge in [-0.15, -0.1) is 10.2 Å². The van der Waals surface area contributed by atoms with E-state index in [1.807, 2.05) is 29.3 Å². The molecule has 0 radical (unpaired) electrons. The van der Waals surface area contributed by atoms with Gasteiger partial charge in [0.25, 0.3) is 5.91 Å². The summed E-state index contributed by atoms with van der Waals surface area (Å²) in [6.45, 7) is 2.64. The van der Waals surface area contributed by atoms with Crippen molar-refractivity contribution in [3.05, 3.63) is 77.9 Å². The monoisotopic (exact) mass is 529 g/mol. The lowest BCUT2D eigenvalue weighted by Gasteiger charge is -2.19. The summed E-state index contributed by atoms with van der Waals surface area (Å²) < 4.78 is 10.6. The number of thioether (sulfide) groups is 1. The fraction of sp³-hybridized carbons (Fsp3) is 0.222. The van der Waals surface area contributed by atoms with Gasteiger partial charge in [0.05, 0.1) is 31.7 Å². The molecule has 1 aliphatic heterocycles. The summed E-state index contributed by atoms with van der Waals surface area (Å²) in [6, 6.07) is 21.3. The molecule has 38 heavy (non-hydrogen) atoms. The van der Waals surface area contributed by atoms with Gasteiger partial charge < -0.3 is 9.47 Å². The maximum Gasteiger partial charge on any atom is 0.283 e. The molecule has 1 saturated heterocycles. The van der Waals surface area contributed by atoms with E-state index in [-0.39, 0.29) is 11.3 Å². The number of nitrogens with one attached hydrogen (secondary N) is 2. The van der Waals surface area contributed by atoms with Crippen LogP contribution in [0.1, 0.15) is 29.3 Å². The molecule has 1 amide bonds. The molecule has 0 aliphatic carbocycles. The van der Waals surface area contributed by atoms with Crippen LogP contribution < -0.4 is 14.9 Å². The number of hydrogen-bond acceptors (Lipinski definition) is 8. The van der Waals surface area contributed by atoms with Crippen LogP contribution in [0.5, 0.6) is 11.5 Å². The summed E-state index contributed by atoms with van der Waals surface area (Å²) in [7, 11) is 3.09. The number of nitrogens with zero attached hydrogens (tertiary/aromatic N) is 5. The number of rotatable bonds is 8. The van der Waals surface area contributed by atoms with E-state index in [9.17, 15) is 4.79 Å². The van der Waals surface area contributed by atoms with Crippen LogP contribution in [0.4, 0.5) is 0 Å². The highest BCUT2D eigenvalue weighted by Crippen LogP contribution is 2.31. The summed E-state index contributed by atoms with van der Waals surface area (Å²) in [5.41, 5.74) is 7.86. The Kier molecular flexibility index (Phi) is 7.66. The maximum atomic E-state index is 13.1. The first kappa shape index (κ1) is 25.4. The molecule has 0 saturated carbocycles. The Morgan fingerprint density at radius 1 is 1.05 bits per heavy atom. The van der Waals surface area contributed by atoms with E-state index in [0.29, 0.717) is 34.6 Å². The Morgan fingerprint density at radius 3 is 2.53 bits per heavy atom. The summed E-state index contributed by atoms with van der Waals surface area (Å²) in [6.07, 6.45) is 0.881. The smallest absolute Gasteiger partial charge is 0.283 e. The quantitative estimate of drug-likeness (QED) is 0.339. The van der Waals surface area contributed by atoms with E-state index in [2.05, 4.69) is 62.2 Å². The van der Waals surface area contributed by atoms with Crippen molar-refractivity contribution in [3.63, 3.8) is 0 Å². The first-order valence-corrected chi connectivity index (χ1v) is 12.9. The fourth-order valence-corrected chi connectivity index (χ4v) is 5.10. The van der Waals surface area contributed by atoms with E-state index < -0.39 is 0 Å². The van der Waals surface area contributed by atoms with Crippen molar-refractivity contribution < 1.29 is 14.3 Å². The molecule has 3 aromatic carbocycles. The predicted octanol–water partition coefficient (Wildman–Crippen LogP) is 4.54. The zero-order valence-corrected chi connectivity index (χ0v) is 22.0. The fourth-order valence-electron chi connectivity index (χ4n) is 4.12. The number of amidine groups is 1. The van der Waals surface area contributed by atoms with Gasteiger partial charge in [-0.05, 0) is 40.5 Å². The van der Waals surface area contributed by atoms with Crippen LogP contribution in [-0.4, -0.2) is 56.3 Å². The number of aromatic nitrogens is 4. The first-order valence-electron chi connectivity index (χ1n) is 12.1. The molecular formula is C27H27N7O3S. The van der Waals surface area contributed by atoms with E-state index in [4.69, 9.17) is 9.47 Å². The minimum Gasteiger partial charge on any atom is -0.497 e. The van der Waals surface area contributed by atoms with Crippen molar-refractivity contribution in [1.29, 1.82) is 0 Å². The molecule has 10 nitrogen and oxygen atoms in total. The maximum absolute atomic E-state index is 13.1. The molecule has 0 bridgehead atoms. The lowest BCUT2D eigenvalue weighted by Crippen LogP contribution is -2.37. The van der Waals surface area contributed by atoms with E-state index in [1.54, 1.807) is 25.3 Å². The Balaban J connectivity index is 1.37. The van der Waals surface area contributed by atoms with Crippen LogP contribution in [0, 0.1) is 0 Å². The highest BCUT2D eigenvalue weighted by Gasteiger charge is 2.29. The Labute approximate surface area is 224 Å². The standard InChI is InChI=1S/C27H27N7O3S/c1-4-24-31-34(27(38-24)28-26(35)22-14-13-19(36-2)15-23(22)37-3)16-17-9-11-18(12-10-17)20-7-5-6-8-21(20)25-29-32-33-30-25/h5-15,24,31H,4,16H2,1-3H3,(H,29,30,32,33). The summed E-state index contributed by atoms with van der Waals surface area (Å²) >= 11 is 1.54. The number of carbonyl (C=O) groups excluding carboxylic acids is 1. The second kappa shape index (κ2) is 11.4. The van der Waals surface area contributed by atoms with Crippen molar-refractivity contribution in [2.75, 3.05) is 14.2 Å². The normalized spacial score (nSPS) is 16.1. The van der Waals surface area contributed by atoms with Crippen molar-refractivity contribution in [2.45, 2.75) is 25.3 Å². The molecule has 1 fully saturated rings. The van der Waals surface area contributed by atoms with Crippen LogP contribution in [0.25, 0.3) is 22.5 Å². The van der Waals surface area contributed by atoms with Crippen molar-refractivity contribution in [2.24, 2.45) is 4.99 Å². The third-order valence-corrected chi connectivity index (χ3v) is 7.35. The molecule has 194 valence electrons. The number of aromatic amines is 1. The lowest BCUT2D eigenvalue weighted by atomic mass is 9.98. The van der Waals surface area contributed by atoms with E-state index in [0.717, 1.165) is 28.7 Å². The zero-order chi connectivity index (χ0) is 26.5. The second-order valence-corrected chi connectivity index (χ2v) is 9.64. The van der Waals surface area contributed by atoms with Gasteiger partial charge in [-0.2, -0.15) is 10.2 Å². The minimum atomic E-state index is -0.371. The van der Waals surface area contributed by atoms with Crippen LogP contribution in [0.15, 0.2) is 71.7 Å². The number of benzene rings is 3. The van der Waals surface area contributed by atoms with Gasteiger partial charge in [0.15, 0.2) is 5.17 Å². The van der Waals surface area contributed by atoms with Gasteiger partial charge in [-0.3, -0.25) is 9.80 Å². The number of ether oxygens (including phenoxy) is 2. The Bertz CT molecular complexity index is 1440. The average molecular weight is 530 g/mol. The third-order valence-electron chi connectivity index (χ3n) is 6.10. The molecule has 1 aromatic heterocycles. The lowest BCUT2D eigenvalue weighted by molar-refractivity contribution is 0.0998. The zero-order valence-electron chi connectivity index (χ0n) is 21.2. The van der Waals surface area contributed by atoms with Crippen molar-refractivity contribution in [3.8, 4) is 34.0 Å². The number of H-pyrrole nitrogens is 1. The van der Waals surface area contributed by atoms with Gasteiger partial charge in [0.1, 0.15) is 11.5 Å². The molecule has 1 aliphatic rings. The molecule has 0 spiro atoms. The minimum absolute atomic E-state index is 0.125. The Hall–Kier alpha value is -4.22. The van der Waals surface area contributed by atoms with Gasteiger partial charge in [-0.25, -0.2) is 5.43 Å². The molecular weight excluding hydrogens is 502 g/mol. The van der Waals surface area contributed by atoms with E-state index >= 15 is 0 Å². The van der Waals surface area contributed by atoms with Crippen LogP contribution in [-0.2, 0) is 6.54 Å². The number of amides is 1. The third kappa shape index (κ3) is 5.38. The highest BCUT2D eigenvalue weighted by atomic mass is 32.2. The summed E-state index contributed by atoms with van der Waals surface area (Å²) in [5.74, 6) is 1.21. The summed E-state index contributed by atoms with van der Waals surface area (Å²) in [4.78, 5) is 17.6. The van der Waals surface area contributed by atoms with Crippen LogP contribution >= 0.6 is 11.8 Å². The molecule has 4 aromatic rings. The highest BCUT2D eigenvalue weighted by molar-refractivity contribution is 8.14. The second-order valence-electron chi connectivity index (χ2n) is 8.47. The number of tetrazole rings is 1. The van der Waals surface area contributed by atoms with Gasteiger partial charge in [0, 0.05) is 11.6 Å². The van der Waals surface area contributed by atoms with Crippen molar-refractivity contribution >= 4 is 22.8 Å². The Morgan fingerprint density at radius 2 is 1.84 bits per heavy atom. The van der Waals surface area contributed by atoms with Gasteiger partial charge in [0.2, 0.25) is 5.82 Å². The molecule has 2 heterocycles. The van der Waals surface area contributed by atoms with E-state index in [1.165, 1.54) is 18.9 Å². The number of carbonyl (C=O) groups is 1. The van der Waals surface area contributed by atoms with Crippen LogP contribution in [0.2, 0.25) is 0 Å². The van der Waals surface area contributed by atoms with Gasteiger partial charge in [-0.1, -0.05) is 67.2 Å². The number of hydrogen-bond donors (Lipinski definition) is 2. The number of aliphatic imine (C=N–C) groups is 1. The number of hydrazine groups is 1. The average Bonchev–Trinajstić information content (AvgIpc) is 3.63. The first-order chi connectivity index (χ1) is 18.6. The van der Waals surface area contributed by atoms with Gasteiger partial charge >= 0.3 is 0 Å². The predicted molar refractivity (Wildman–Crippen MR) is 147 cm³/mol. The molecule has 1 unspecified atom stereocenters. The molecule has 5 rings (SSSR count). The molecule has 1 atom stereocenters. The van der Waals surface area contributed by atoms with Crippen molar-refractivity contribution in [1.82, 2.24) is 31.1 Å². The summed E-state index contributed by atoms with van der Waals surface area (Å²) in [5, 5.41) is 17.1. The molecule has 11 heteroatoms. The molecule has 2 N–H and O–H groups in total. The SMILES string of the molecule is CCC1NN(Cc2ccc(-c3ccccc3-c3nn[nH]n3)cc2)C(=NC(=O)c2ccc(OC)cc2OC)S1.